The van der Waals surface area contributed by atoms with Crippen molar-refractivity contribution in [2.45, 2.75) is 19.4 Å². The minimum atomic E-state index is -0.261. The number of hydrogen-bond donors (Lipinski definition) is 3. The number of nitrogens with zero attached hydrogens (tertiary/aromatic N) is 3. The van der Waals surface area contributed by atoms with Crippen molar-refractivity contribution in [3.63, 3.8) is 0 Å². The molecule has 0 fully saturated rings. The van der Waals surface area contributed by atoms with Crippen molar-refractivity contribution < 1.29 is 4.79 Å². The lowest BCUT2D eigenvalue weighted by atomic mass is 10.2. The van der Waals surface area contributed by atoms with Gasteiger partial charge in [-0.05, 0) is 37.5 Å². The van der Waals surface area contributed by atoms with Gasteiger partial charge in [0.05, 0.1) is 34.7 Å². The summed E-state index contributed by atoms with van der Waals surface area (Å²) in [5.41, 5.74) is 3.47. The number of rotatable bonds is 6. The van der Waals surface area contributed by atoms with Gasteiger partial charge in [-0.15, -0.1) is 0 Å². The summed E-state index contributed by atoms with van der Waals surface area (Å²) in [6.45, 7) is 1.91. The minimum absolute atomic E-state index is 0.183. The highest BCUT2D eigenvalue weighted by molar-refractivity contribution is 7.98. The molecule has 1 aromatic carbocycles. The summed E-state index contributed by atoms with van der Waals surface area (Å²) in [7, 11) is 1.84. The third-order valence-corrected chi connectivity index (χ3v) is 4.78. The second kappa shape index (κ2) is 7.60. The zero-order valence-electron chi connectivity index (χ0n) is 14.5. The zero-order chi connectivity index (χ0) is 17.8. The van der Waals surface area contributed by atoms with Gasteiger partial charge in [-0.2, -0.15) is 16.9 Å². The fourth-order valence-corrected chi connectivity index (χ4v) is 3.06. The van der Waals surface area contributed by atoms with E-state index in [0.29, 0.717) is 5.69 Å². The topological polar surface area (TPSA) is 87.6 Å². The second-order valence-electron chi connectivity index (χ2n) is 5.84. The molecule has 0 spiro atoms. The Bertz CT molecular complexity index is 838. The number of fused-ring (bicyclic) bond motifs is 1. The number of urea groups is 1. The van der Waals surface area contributed by atoms with Crippen LogP contribution in [0.25, 0.3) is 11.0 Å². The van der Waals surface area contributed by atoms with E-state index >= 15 is 0 Å². The fraction of sp³-hybridized carbons (Fsp3) is 0.353. The molecule has 25 heavy (non-hydrogen) atoms. The van der Waals surface area contributed by atoms with Crippen molar-refractivity contribution in [1.82, 2.24) is 25.1 Å². The van der Waals surface area contributed by atoms with Crippen LogP contribution >= 0.6 is 11.8 Å². The van der Waals surface area contributed by atoms with E-state index in [9.17, 15) is 4.79 Å². The lowest BCUT2D eigenvalue weighted by molar-refractivity contribution is 0.247. The van der Waals surface area contributed by atoms with Crippen molar-refractivity contribution in [2.75, 3.05) is 17.3 Å². The molecule has 1 atom stereocenters. The van der Waals surface area contributed by atoms with Crippen LogP contribution in [0.4, 0.5) is 10.5 Å². The molecule has 0 aliphatic heterocycles. The van der Waals surface area contributed by atoms with E-state index in [4.69, 9.17) is 0 Å². The number of H-pyrrole nitrogens is 1. The number of amides is 2. The van der Waals surface area contributed by atoms with Crippen LogP contribution in [-0.2, 0) is 7.05 Å². The average molecular weight is 358 g/mol. The van der Waals surface area contributed by atoms with Crippen LogP contribution in [0.5, 0.6) is 0 Å². The van der Waals surface area contributed by atoms with Crippen LogP contribution in [0.1, 0.15) is 24.0 Å². The third kappa shape index (κ3) is 3.96. The highest BCUT2D eigenvalue weighted by Crippen LogP contribution is 2.20. The number of aryl methyl sites for hydroxylation is 1. The number of imidazole rings is 1. The van der Waals surface area contributed by atoms with Crippen molar-refractivity contribution in [3.8, 4) is 0 Å². The lowest BCUT2D eigenvalue weighted by Gasteiger charge is -2.16. The number of benzene rings is 1. The summed E-state index contributed by atoms with van der Waals surface area (Å²) in [5, 5.41) is 10.0. The van der Waals surface area contributed by atoms with E-state index in [2.05, 4.69) is 32.0 Å². The van der Waals surface area contributed by atoms with Gasteiger partial charge in [0.25, 0.3) is 0 Å². The SMILES string of the molecule is CSCC[C@@H](NC(=O)Nc1cnn(C)c1C)c1nc2ccccc2[nH]1. The van der Waals surface area contributed by atoms with Crippen LogP contribution in [0.3, 0.4) is 0 Å². The van der Waals surface area contributed by atoms with Gasteiger partial charge in [0, 0.05) is 7.05 Å². The van der Waals surface area contributed by atoms with Gasteiger partial charge < -0.3 is 15.6 Å². The molecule has 8 heteroatoms. The number of aromatic amines is 1. The van der Waals surface area contributed by atoms with Gasteiger partial charge in [0.2, 0.25) is 0 Å². The number of aromatic nitrogens is 4. The van der Waals surface area contributed by atoms with E-state index in [-0.39, 0.29) is 12.1 Å². The number of nitrogens with one attached hydrogen (secondary N) is 3. The molecule has 0 radical (unpaired) electrons. The molecular weight excluding hydrogens is 336 g/mol. The number of hydrogen-bond acceptors (Lipinski definition) is 4. The summed E-state index contributed by atoms with van der Waals surface area (Å²) in [4.78, 5) is 20.4. The summed E-state index contributed by atoms with van der Waals surface area (Å²) >= 11 is 1.74. The Hall–Kier alpha value is -2.48. The Balaban J connectivity index is 1.75. The lowest BCUT2D eigenvalue weighted by Crippen LogP contribution is -2.33. The predicted molar refractivity (Wildman–Crippen MR) is 102 cm³/mol. The van der Waals surface area contributed by atoms with Gasteiger partial charge in [0.15, 0.2) is 0 Å². The third-order valence-electron chi connectivity index (χ3n) is 4.14. The number of para-hydroxylation sites is 2. The highest BCUT2D eigenvalue weighted by atomic mass is 32.2. The smallest absolute Gasteiger partial charge is 0.319 e. The summed E-state index contributed by atoms with van der Waals surface area (Å²) in [6, 6.07) is 7.41. The summed E-state index contributed by atoms with van der Waals surface area (Å²) in [6.07, 6.45) is 4.49. The van der Waals surface area contributed by atoms with Gasteiger partial charge in [0.1, 0.15) is 5.82 Å². The largest absolute Gasteiger partial charge is 0.340 e. The molecule has 0 unspecified atom stereocenters. The van der Waals surface area contributed by atoms with Crippen molar-refractivity contribution in [3.05, 3.63) is 42.0 Å². The van der Waals surface area contributed by atoms with Crippen molar-refractivity contribution in [2.24, 2.45) is 7.05 Å². The Kier molecular flexibility index (Phi) is 5.28. The Labute approximate surface area is 150 Å². The van der Waals surface area contributed by atoms with E-state index in [1.807, 2.05) is 38.2 Å². The number of anilines is 1. The molecule has 3 N–H and O–H groups in total. The fourth-order valence-electron chi connectivity index (χ4n) is 2.59. The normalized spacial score (nSPS) is 12.3. The first kappa shape index (κ1) is 17.3. The summed E-state index contributed by atoms with van der Waals surface area (Å²) in [5.74, 6) is 1.70. The molecule has 0 bridgehead atoms. The molecule has 0 aliphatic carbocycles. The van der Waals surface area contributed by atoms with Crippen LogP contribution in [0, 0.1) is 6.92 Å². The monoisotopic (exact) mass is 358 g/mol. The average Bonchev–Trinajstić information content (AvgIpc) is 3.17. The molecular formula is C17H22N6OS. The van der Waals surface area contributed by atoms with E-state index in [1.54, 1.807) is 22.6 Å². The van der Waals surface area contributed by atoms with E-state index in [1.165, 1.54) is 0 Å². The van der Waals surface area contributed by atoms with E-state index < -0.39 is 0 Å². The number of carbonyl (C=O) groups is 1. The molecule has 0 saturated heterocycles. The number of carbonyl (C=O) groups excluding carboxylic acids is 1. The Morgan fingerprint density at radius 1 is 1.40 bits per heavy atom. The van der Waals surface area contributed by atoms with Gasteiger partial charge >= 0.3 is 6.03 Å². The minimum Gasteiger partial charge on any atom is -0.340 e. The molecule has 0 aliphatic rings. The van der Waals surface area contributed by atoms with Crippen LogP contribution in [0.2, 0.25) is 0 Å². The van der Waals surface area contributed by atoms with Gasteiger partial charge in [-0.3, -0.25) is 4.68 Å². The maximum absolute atomic E-state index is 12.4. The second-order valence-corrected chi connectivity index (χ2v) is 6.82. The summed E-state index contributed by atoms with van der Waals surface area (Å²) < 4.78 is 1.72. The maximum atomic E-state index is 12.4. The first-order valence-electron chi connectivity index (χ1n) is 8.08. The molecule has 132 valence electrons. The highest BCUT2D eigenvalue weighted by Gasteiger charge is 2.19. The van der Waals surface area contributed by atoms with Gasteiger partial charge in [-0.1, -0.05) is 12.1 Å². The molecule has 2 aromatic heterocycles. The number of thioether (sulfide) groups is 1. The van der Waals surface area contributed by atoms with Crippen LogP contribution in [0.15, 0.2) is 30.5 Å². The molecule has 2 amide bonds. The molecule has 3 rings (SSSR count). The first-order chi connectivity index (χ1) is 12.1. The molecule has 3 aromatic rings. The van der Waals surface area contributed by atoms with Crippen LogP contribution < -0.4 is 10.6 Å². The maximum Gasteiger partial charge on any atom is 0.319 e. The van der Waals surface area contributed by atoms with Crippen molar-refractivity contribution >= 4 is 34.5 Å². The van der Waals surface area contributed by atoms with Gasteiger partial charge in [-0.25, -0.2) is 9.78 Å². The zero-order valence-corrected chi connectivity index (χ0v) is 15.4. The first-order valence-corrected chi connectivity index (χ1v) is 9.47. The molecule has 0 saturated carbocycles. The van der Waals surface area contributed by atoms with Crippen LogP contribution in [-0.4, -0.2) is 37.8 Å². The Morgan fingerprint density at radius 2 is 2.20 bits per heavy atom. The molecule has 2 heterocycles. The standard InChI is InChI=1S/C17H22N6OS/c1-11-15(10-18-23(11)2)22-17(24)21-14(8-9-25-3)16-19-12-6-4-5-7-13(12)20-16/h4-7,10,14H,8-9H2,1-3H3,(H,19,20)(H2,21,22,24)/t14-/m1/s1. The molecule has 7 nitrogen and oxygen atoms in total. The Morgan fingerprint density at radius 3 is 2.88 bits per heavy atom. The predicted octanol–water partition coefficient (Wildman–Crippen LogP) is 3.22. The van der Waals surface area contributed by atoms with E-state index in [0.717, 1.165) is 34.7 Å². The van der Waals surface area contributed by atoms with Crippen molar-refractivity contribution in [1.29, 1.82) is 0 Å². The quantitative estimate of drug-likeness (QED) is 0.631.